The molecule has 0 bridgehead atoms. The first-order valence-corrected chi connectivity index (χ1v) is 12.0. The maximum atomic E-state index is 14.1. The Hall–Kier alpha value is -3.63. The number of pyridine rings is 1. The van der Waals surface area contributed by atoms with Gasteiger partial charge in [-0.25, -0.2) is 4.39 Å². The molecule has 0 saturated carbocycles. The molecule has 0 radical (unpaired) electrons. The van der Waals surface area contributed by atoms with Crippen molar-refractivity contribution in [2.24, 2.45) is 0 Å². The first-order valence-electron chi connectivity index (χ1n) is 12.0. The van der Waals surface area contributed by atoms with Crippen molar-refractivity contribution in [3.05, 3.63) is 77.5 Å². The third kappa shape index (κ3) is 5.14. The van der Waals surface area contributed by atoms with E-state index >= 15 is 0 Å². The minimum atomic E-state index is -0.891. The van der Waals surface area contributed by atoms with Crippen molar-refractivity contribution in [2.75, 3.05) is 24.5 Å². The van der Waals surface area contributed by atoms with Crippen LogP contribution in [-0.2, 0) is 11.2 Å². The number of amides is 1. The number of aromatic nitrogens is 3. The Balaban J connectivity index is 1.13. The molecule has 1 fully saturated rings. The van der Waals surface area contributed by atoms with E-state index in [-0.39, 0.29) is 24.4 Å². The van der Waals surface area contributed by atoms with Crippen molar-refractivity contribution in [3.63, 3.8) is 0 Å². The highest BCUT2D eigenvalue weighted by Gasteiger charge is 2.44. The molecule has 0 aliphatic carbocycles. The number of piperidine rings is 1. The van der Waals surface area contributed by atoms with Crippen molar-refractivity contribution in [3.8, 4) is 5.75 Å². The highest BCUT2D eigenvalue weighted by atomic mass is 19.1. The second-order valence-corrected chi connectivity index (χ2v) is 9.30. The maximum absolute atomic E-state index is 14.1. The predicted octanol–water partition coefficient (Wildman–Crippen LogP) is 2.26. The normalized spacial score (nSPS) is 19.3. The topological polar surface area (TPSA) is 121 Å². The van der Waals surface area contributed by atoms with Crippen molar-refractivity contribution < 1.29 is 24.1 Å². The first kappa shape index (κ1) is 24.1. The summed E-state index contributed by atoms with van der Waals surface area (Å²) in [5.74, 6) is 0.416. The number of benzene rings is 1. The molecular formula is C26H28FN5O4. The maximum Gasteiger partial charge on any atom is 0.226 e. The lowest BCUT2D eigenvalue weighted by molar-refractivity contribution is -0.121. The second kappa shape index (κ2) is 10.2. The number of ether oxygens (including phenoxy) is 1. The molecule has 4 heterocycles. The molecule has 2 aromatic heterocycles. The summed E-state index contributed by atoms with van der Waals surface area (Å²) in [5, 5.41) is 31.9. The molecule has 188 valence electrons. The molecule has 2 unspecified atom stereocenters. The minimum absolute atomic E-state index is 0.0567. The molecule has 5 rings (SSSR count). The summed E-state index contributed by atoms with van der Waals surface area (Å²) in [5.41, 5.74) is 0.911. The second-order valence-electron chi connectivity index (χ2n) is 9.30. The number of aliphatic hydroxyl groups excluding tert-OH is 2. The van der Waals surface area contributed by atoms with Gasteiger partial charge in [-0.2, -0.15) is 5.10 Å². The molecule has 10 heteroatoms. The van der Waals surface area contributed by atoms with Gasteiger partial charge in [-0.3, -0.25) is 9.78 Å². The number of carbonyl (C=O) groups excluding carboxylic acids is 1. The van der Waals surface area contributed by atoms with E-state index in [0.29, 0.717) is 55.2 Å². The van der Waals surface area contributed by atoms with E-state index < -0.39 is 23.6 Å². The Labute approximate surface area is 208 Å². The van der Waals surface area contributed by atoms with Gasteiger partial charge in [0.05, 0.1) is 29.9 Å². The number of halogens is 1. The van der Waals surface area contributed by atoms with Crippen LogP contribution in [0.3, 0.4) is 0 Å². The molecular weight excluding hydrogens is 465 g/mol. The third-order valence-electron chi connectivity index (χ3n) is 6.87. The number of carbonyl (C=O) groups is 1. The monoisotopic (exact) mass is 493 g/mol. The molecule has 9 nitrogen and oxygen atoms in total. The van der Waals surface area contributed by atoms with Gasteiger partial charge in [0.15, 0.2) is 5.82 Å². The summed E-state index contributed by atoms with van der Waals surface area (Å²) in [6.07, 6.45) is 3.20. The van der Waals surface area contributed by atoms with Crippen LogP contribution in [-0.4, -0.2) is 56.5 Å². The number of hydrogen-bond acceptors (Lipinski definition) is 8. The van der Waals surface area contributed by atoms with Crippen molar-refractivity contribution in [1.29, 1.82) is 0 Å². The van der Waals surface area contributed by atoms with E-state index in [9.17, 15) is 19.4 Å². The molecule has 36 heavy (non-hydrogen) atoms. The summed E-state index contributed by atoms with van der Waals surface area (Å²) < 4.78 is 20.3. The van der Waals surface area contributed by atoms with Gasteiger partial charge in [0.2, 0.25) is 5.91 Å². The SMILES string of the molecule is O=C(Cc1ccc(N2CCC3(CC2)CC(O)c2c(F)cccc2O3)nn1)NCC(O)c1ccncc1. The standard InChI is InChI=1S/C26H28FN5O4/c27-19-2-1-3-22-25(19)20(33)15-26(36-22)8-12-32(13-9-26)23-5-4-18(30-31-23)14-24(35)29-16-21(34)17-6-10-28-11-7-17/h1-7,10-11,20-21,33-34H,8-9,12-16H2,(H,29,35). The molecule has 1 spiro atoms. The van der Waals surface area contributed by atoms with Gasteiger partial charge >= 0.3 is 0 Å². The molecule has 1 aromatic carbocycles. The van der Waals surface area contributed by atoms with Crippen molar-refractivity contribution in [1.82, 2.24) is 20.5 Å². The Morgan fingerprint density at radius 1 is 1.17 bits per heavy atom. The molecule has 1 amide bonds. The van der Waals surface area contributed by atoms with Crippen LogP contribution in [0.5, 0.6) is 5.75 Å². The fraction of sp³-hybridized carbons (Fsp3) is 0.385. The number of aliphatic hydroxyl groups is 2. The van der Waals surface area contributed by atoms with Gasteiger partial charge in [0, 0.05) is 51.3 Å². The van der Waals surface area contributed by atoms with Crippen molar-refractivity contribution >= 4 is 11.7 Å². The average Bonchev–Trinajstić information content (AvgIpc) is 2.88. The van der Waals surface area contributed by atoms with Crippen molar-refractivity contribution in [2.45, 2.75) is 43.5 Å². The number of nitrogens with one attached hydrogen (secondary N) is 1. The van der Waals surface area contributed by atoms with Crippen LogP contribution in [0.2, 0.25) is 0 Å². The van der Waals surface area contributed by atoms with Crippen LogP contribution in [0.25, 0.3) is 0 Å². The Bertz CT molecular complexity index is 1200. The van der Waals surface area contributed by atoms with Gasteiger partial charge < -0.3 is 25.2 Å². The van der Waals surface area contributed by atoms with E-state index in [4.69, 9.17) is 4.74 Å². The fourth-order valence-corrected chi connectivity index (χ4v) is 4.87. The lowest BCUT2D eigenvalue weighted by Gasteiger charge is -2.46. The Morgan fingerprint density at radius 3 is 2.67 bits per heavy atom. The minimum Gasteiger partial charge on any atom is -0.487 e. The van der Waals surface area contributed by atoms with E-state index in [1.807, 2.05) is 6.07 Å². The summed E-state index contributed by atoms with van der Waals surface area (Å²) in [7, 11) is 0. The molecule has 2 atom stereocenters. The first-order chi connectivity index (χ1) is 17.4. The van der Waals surface area contributed by atoms with E-state index in [2.05, 4.69) is 25.4 Å². The molecule has 2 aliphatic heterocycles. The van der Waals surface area contributed by atoms with Gasteiger partial charge in [0.25, 0.3) is 0 Å². The van der Waals surface area contributed by atoms with Crippen LogP contribution >= 0.6 is 0 Å². The average molecular weight is 494 g/mol. The van der Waals surface area contributed by atoms with Gasteiger partial charge in [0.1, 0.15) is 17.2 Å². The van der Waals surface area contributed by atoms with Crippen LogP contribution in [0.15, 0.2) is 54.9 Å². The smallest absolute Gasteiger partial charge is 0.226 e. The van der Waals surface area contributed by atoms with Crippen LogP contribution < -0.4 is 15.0 Å². The number of fused-ring (bicyclic) bond motifs is 1. The Morgan fingerprint density at radius 2 is 1.94 bits per heavy atom. The lowest BCUT2D eigenvalue weighted by atomic mass is 9.81. The highest BCUT2D eigenvalue weighted by Crippen LogP contribution is 2.45. The molecule has 2 aliphatic rings. The van der Waals surface area contributed by atoms with E-state index in [1.54, 1.807) is 42.7 Å². The van der Waals surface area contributed by atoms with Gasteiger partial charge in [-0.05, 0) is 42.0 Å². The fourth-order valence-electron chi connectivity index (χ4n) is 4.87. The zero-order chi connectivity index (χ0) is 25.1. The number of nitrogens with zero attached hydrogens (tertiary/aromatic N) is 4. The van der Waals surface area contributed by atoms with Gasteiger partial charge in [-0.15, -0.1) is 5.10 Å². The number of hydrogen-bond donors (Lipinski definition) is 3. The lowest BCUT2D eigenvalue weighted by Crippen LogP contribution is -2.51. The summed E-state index contributed by atoms with van der Waals surface area (Å²) in [6.45, 7) is 1.40. The van der Waals surface area contributed by atoms with E-state index in [1.165, 1.54) is 6.07 Å². The molecule has 1 saturated heterocycles. The molecule has 3 aromatic rings. The van der Waals surface area contributed by atoms with Gasteiger partial charge in [-0.1, -0.05) is 6.07 Å². The summed E-state index contributed by atoms with van der Waals surface area (Å²) in [4.78, 5) is 18.3. The summed E-state index contributed by atoms with van der Waals surface area (Å²) in [6, 6.07) is 11.6. The predicted molar refractivity (Wildman–Crippen MR) is 129 cm³/mol. The zero-order valence-electron chi connectivity index (χ0n) is 19.7. The molecule has 3 N–H and O–H groups in total. The number of rotatable bonds is 6. The number of anilines is 1. The quantitative estimate of drug-likeness (QED) is 0.478. The zero-order valence-corrected chi connectivity index (χ0v) is 19.7. The summed E-state index contributed by atoms with van der Waals surface area (Å²) >= 11 is 0. The highest BCUT2D eigenvalue weighted by molar-refractivity contribution is 5.78. The largest absolute Gasteiger partial charge is 0.487 e. The van der Waals surface area contributed by atoms with Crippen LogP contribution in [0, 0.1) is 5.82 Å². The van der Waals surface area contributed by atoms with Crippen LogP contribution in [0.1, 0.15) is 48.3 Å². The Kier molecular flexibility index (Phi) is 6.80. The van der Waals surface area contributed by atoms with E-state index in [0.717, 1.165) is 0 Å². The van der Waals surface area contributed by atoms with Crippen LogP contribution in [0.4, 0.5) is 10.2 Å². The third-order valence-corrected chi connectivity index (χ3v) is 6.87.